The summed E-state index contributed by atoms with van der Waals surface area (Å²) in [7, 11) is 0. The topological polar surface area (TPSA) is 52.6 Å². The van der Waals surface area contributed by atoms with Crippen LogP contribution >= 0.6 is 0 Å². The van der Waals surface area contributed by atoms with Crippen molar-refractivity contribution in [2.24, 2.45) is 0 Å². The van der Waals surface area contributed by atoms with Gasteiger partial charge in [-0.25, -0.2) is 8.78 Å². The Labute approximate surface area is 122 Å². The van der Waals surface area contributed by atoms with Crippen LogP contribution in [0.5, 0.6) is 0 Å². The van der Waals surface area contributed by atoms with E-state index in [1.807, 2.05) is 30.3 Å². The molecule has 0 unspecified atom stereocenters. The van der Waals surface area contributed by atoms with Crippen molar-refractivity contribution < 1.29 is 18.7 Å². The van der Waals surface area contributed by atoms with Gasteiger partial charge in [0, 0.05) is 20.0 Å². The van der Waals surface area contributed by atoms with Crippen molar-refractivity contribution in [2.75, 3.05) is 13.2 Å². The number of aliphatic hydroxyl groups excluding tert-OH is 1. The number of benzene rings is 1. The molecule has 1 fully saturated rings. The molecule has 116 valence electrons. The van der Waals surface area contributed by atoms with Crippen LogP contribution in [0.3, 0.4) is 0 Å². The first-order chi connectivity index (χ1) is 10.0. The second-order valence-corrected chi connectivity index (χ2v) is 5.32. The SMILES string of the molecule is CC(=O)NC[C@@H]1[C@H](F)[C@H](O)[C@@H](CF)N1Cc1ccccc1. The van der Waals surface area contributed by atoms with E-state index in [0.29, 0.717) is 6.54 Å². The fourth-order valence-electron chi connectivity index (χ4n) is 2.75. The monoisotopic (exact) mass is 298 g/mol. The van der Waals surface area contributed by atoms with Crippen LogP contribution in [0.15, 0.2) is 30.3 Å². The summed E-state index contributed by atoms with van der Waals surface area (Å²) in [6.45, 7) is 0.895. The van der Waals surface area contributed by atoms with Gasteiger partial charge in [-0.1, -0.05) is 30.3 Å². The average molecular weight is 298 g/mol. The Morgan fingerprint density at radius 3 is 2.57 bits per heavy atom. The van der Waals surface area contributed by atoms with E-state index in [1.165, 1.54) is 6.92 Å². The largest absolute Gasteiger partial charge is 0.388 e. The molecular formula is C15H20F2N2O2. The minimum absolute atomic E-state index is 0.0525. The molecule has 0 bridgehead atoms. The molecule has 0 spiro atoms. The highest BCUT2D eigenvalue weighted by molar-refractivity contribution is 5.72. The van der Waals surface area contributed by atoms with Crippen molar-refractivity contribution in [2.45, 2.75) is 37.8 Å². The summed E-state index contributed by atoms with van der Waals surface area (Å²) in [5, 5.41) is 12.4. The van der Waals surface area contributed by atoms with Crippen molar-refractivity contribution in [1.29, 1.82) is 0 Å². The van der Waals surface area contributed by atoms with E-state index < -0.39 is 31.0 Å². The summed E-state index contributed by atoms with van der Waals surface area (Å²) in [6, 6.07) is 7.67. The molecule has 2 N–H and O–H groups in total. The number of nitrogens with one attached hydrogen (secondary N) is 1. The Morgan fingerprint density at radius 2 is 2.00 bits per heavy atom. The van der Waals surface area contributed by atoms with E-state index in [1.54, 1.807) is 4.90 Å². The Balaban J connectivity index is 2.16. The number of hydrogen-bond acceptors (Lipinski definition) is 3. The lowest BCUT2D eigenvalue weighted by Crippen LogP contribution is -2.45. The first-order valence-electron chi connectivity index (χ1n) is 6.96. The number of alkyl halides is 2. The van der Waals surface area contributed by atoms with Gasteiger partial charge in [0.1, 0.15) is 19.0 Å². The fraction of sp³-hybridized carbons (Fsp3) is 0.533. The second kappa shape index (κ2) is 6.95. The molecule has 1 amide bonds. The first-order valence-corrected chi connectivity index (χ1v) is 6.96. The summed E-state index contributed by atoms with van der Waals surface area (Å²) < 4.78 is 27.4. The summed E-state index contributed by atoms with van der Waals surface area (Å²) in [4.78, 5) is 12.6. The lowest BCUT2D eigenvalue weighted by molar-refractivity contribution is -0.119. The molecule has 1 heterocycles. The molecule has 1 aliphatic heterocycles. The number of aliphatic hydroxyl groups is 1. The van der Waals surface area contributed by atoms with Crippen LogP contribution in [-0.4, -0.2) is 53.5 Å². The quantitative estimate of drug-likeness (QED) is 0.854. The molecule has 4 nitrogen and oxygen atoms in total. The Bertz CT molecular complexity index is 472. The van der Waals surface area contributed by atoms with E-state index in [0.717, 1.165) is 5.56 Å². The van der Waals surface area contributed by atoms with Gasteiger partial charge in [-0.05, 0) is 5.56 Å². The molecule has 2 rings (SSSR count). The van der Waals surface area contributed by atoms with E-state index >= 15 is 0 Å². The van der Waals surface area contributed by atoms with Gasteiger partial charge >= 0.3 is 0 Å². The van der Waals surface area contributed by atoms with Crippen molar-refractivity contribution in [3.8, 4) is 0 Å². The van der Waals surface area contributed by atoms with Crippen LogP contribution < -0.4 is 5.32 Å². The number of halogens is 2. The number of carbonyl (C=O) groups is 1. The zero-order chi connectivity index (χ0) is 15.4. The van der Waals surface area contributed by atoms with Crippen LogP contribution in [0.1, 0.15) is 12.5 Å². The molecular weight excluding hydrogens is 278 g/mol. The van der Waals surface area contributed by atoms with Crippen LogP contribution in [-0.2, 0) is 11.3 Å². The highest BCUT2D eigenvalue weighted by atomic mass is 19.1. The van der Waals surface area contributed by atoms with Gasteiger partial charge in [-0.2, -0.15) is 0 Å². The summed E-state index contributed by atoms with van der Waals surface area (Å²) in [5.41, 5.74) is 0.907. The lowest BCUT2D eigenvalue weighted by atomic mass is 10.1. The number of carbonyl (C=O) groups excluding carboxylic acids is 1. The number of amides is 1. The van der Waals surface area contributed by atoms with Crippen molar-refractivity contribution in [3.63, 3.8) is 0 Å². The van der Waals surface area contributed by atoms with E-state index in [-0.39, 0.29) is 12.5 Å². The Morgan fingerprint density at radius 1 is 1.33 bits per heavy atom. The fourth-order valence-corrected chi connectivity index (χ4v) is 2.75. The molecule has 0 radical (unpaired) electrons. The van der Waals surface area contributed by atoms with E-state index in [4.69, 9.17) is 0 Å². The Kier molecular flexibility index (Phi) is 5.25. The normalized spacial score (nSPS) is 29.5. The van der Waals surface area contributed by atoms with Gasteiger partial charge in [-0.3, -0.25) is 9.69 Å². The summed E-state index contributed by atoms with van der Waals surface area (Å²) in [6.07, 6.45) is -2.96. The summed E-state index contributed by atoms with van der Waals surface area (Å²) >= 11 is 0. The van der Waals surface area contributed by atoms with Crippen molar-refractivity contribution in [1.82, 2.24) is 10.2 Å². The zero-order valence-corrected chi connectivity index (χ0v) is 11.9. The molecule has 0 aliphatic carbocycles. The van der Waals surface area contributed by atoms with Gasteiger partial charge in [0.15, 0.2) is 0 Å². The van der Waals surface area contributed by atoms with Gasteiger partial charge in [-0.15, -0.1) is 0 Å². The number of rotatable bonds is 5. The second-order valence-electron chi connectivity index (χ2n) is 5.32. The molecule has 21 heavy (non-hydrogen) atoms. The third-order valence-electron chi connectivity index (χ3n) is 3.87. The minimum atomic E-state index is -1.58. The Hall–Kier alpha value is -1.53. The molecule has 0 aromatic heterocycles. The third kappa shape index (κ3) is 3.57. The minimum Gasteiger partial charge on any atom is -0.388 e. The predicted molar refractivity (Wildman–Crippen MR) is 75.1 cm³/mol. The van der Waals surface area contributed by atoms with Gasteiger partial charge in [0.2, 0.25) is 5.91 Å². The lowest BCUT2D eigenvalue weighted by Gasteiger charge is -2.29. The average Bonchev–Trinajstić information content (AvgIpc) is 2.69. The third-order valence-corrected chi connectivity index (χ3v) is 3.87. The molecule has 1 aliphatic rings. The summed E-state index contributed by atoms with van der Waals surface area (Å²) in [5.74, 6) is -0.278. The number of likely N-dealkylation sites (tertiary alicyclic amines) is 1. The maximum atomic E-state index is 14.2. The van der Waals surface area contributed by atoms with E-state index in [9.17, 15) is 18.7 Å². The van der Waals surface area contributed by atoms with Gasteiger partial charge < -0.3 is 10.4 Å². The molecule has 1 aromatic rings. The van der Waals surface area contributed by atoms with Crippen LogP contribution in [0.4, 0.5) is 8.78 Å². The van der Waals surface area contributed by atoms with Crippen LogP contribution in [0.25, 0.3) is 0 Å². The number of hydrogen-bond donors (Lipinski definition) is 2. The standard InChI is InChI=1S/C15H20F2N2O2/c1-10(20)18-8-13-14(17)15(21)12(7-16)19(13)9-11-5-3-2-4-6-11/h2-6,12-15,21H,7-9H2,1H3,(H,18,20)/t12-,13-,14+,15-/m1/s1. The molecule has 1 aromatic carbocycles. The predicted octanol–water partition coefficient (Wildman–Crippen LogP) is 1.04. The maximum absolute atomic E-state index is 14.2. The van der Waals surface area contributed by atoms with Gasteiger partial charge in [0.25, 0.3) is 0 Å². The highest BCUT2D eigenvalue weighted by Gasteiger charge is 2.48. The zero-order valence-electron chi connectivity index (χ0n) is 11.9. The molecule has 4 atom stereocenters. The van der Waals surface area contributed by atoms with Gasteiger partial charge in [0.05, 0.1) is 12.1 Å². The highest BCUT2D eigenvalue weighted by Crippen LogP contribution is 2.29. The number of nitrogens with zero attached hydrogens (tertiary/aromatic N) is 1. The van der Waals surface area contributed by atoms with Crippen molar-refractivity contribution >= 4 is 5.91 Å². The van der Waals surface area contributed by atoms with Crippen LogP contribution in [0.2, 0.25) is 0 Å². The van der Waals surface area contributed by atoms with Crippen LogP contribution in [0, 0.1) is 0 Å². The maximum Gasteiger partial charge on any atom is 0.216 e. The molecule has 1 saturated heterocycles. The van der Waals surface area contributed by atoms with E-state index in [2.05, 4.69) is 5.32 Å². The van der Waals surface area contributed by atoms with Crippen molar-refractivity contribution in [3.05, 3.63) is 35.9 Å². The smallest absolute Gasteiger partial charge is 0.216 e. The molecule has 6 heteroatoms. The molecule has 0 saturated carbocycles. The first kappa shape index (κ1) is 15.9.